The lowest BCUT2D eigenvalue weighted by molar-refractivity contribution is 0.327. The second kappa shape index (κ2) is 4.32. The van der Waals surface area contributed by atoms with Gasteiger partial charge < -0.3 is 14.2 Å². The summed E-state index contributed by atoms with van der Waals surface area (Å²) in [5.74, 6) is 1.44. The lowest BCUT2D eigenvalue weighted by atomic mass is 10.4. The number of halogens is 1. The van der Waals surface area contributed by atoms with Gasteiger partial charge in [-0.3, -0.25) is 0 Å². The van der Waals surface area contributed by atoms with Crippen molar-refractivity contribution in [3.63, 3.8) is 0 Å². The Morgan fingerprint density at radius 3 is 2.15 bits per heavy atom. The largest absolute Gasteiger partial charge is 0.491 e. The molecule has 1 heterocycles. The second-order valence-corrected chi connectivity index (χ2v) is 3.05. The van der Waals surface area contributed by atoms with Gasteiger partial charge in [0.15, 0.2) is 5.75 Å². The Balaban J connectivity index is 3.18. The maximum Gasteiger partial charge on any atom is 0.260 e. The van der Waals surface area contributed by atoms with Gasteiger partial charge in [0.05, 0.1) is 25.8 Å². The molecule has 13 heavy (non-hydrogen) atoms. The highest BCUT2D eigenvalue weighted by atomic mass is 79.9. The fourth-order valence-electron chi connectivity index (χ4n) is 0.875. The van der Waals surface area contributed by atoms with E-state index in [9.17, 15) is 0 Å². The van der Waals surface area contributed by atoms with E-state index in [0.29, 0.717) is 17.5 Å². The molecule has 0 aromatic carbocycles. The smallest absolute Gasteiger partial charge is 0.260 e. The van der Waals surface area contributed by atoms with E-state index in [4.69, 9.17) is 14.2 Å². The molecule has 0 amide bonds. The summed E-state index contributed by atoms with van der Waals surface area (Å²) in [5, 5.41) is 0. The van der Waals surface area contributed by atoms with Crippen LogP contribution in [0.15, 0.2) is 10.5 Å². The summed E-state index contributed by atoms with van der Waals surface area (Å²) in [5.41, 5.74) is 0. The predicted molar refractivity (Wildman–Crippen MR) is 51.6 cm³/mol. The van der Waals surface area contributed by atoms with Crippen molar-refractivity contribution in [3.8, 4) is 17.5 Å². The molecule has 1 rings (SSSR count). The maximum atomic E-state index is 5.04. The third-order valence-corrected chi connectivity index (χ3v) is 2.05. The van der Waals surface area contributed by atoms with Crippen molar-refractivity contribution in [2.24, 2.45) is 0 Å². The summed E-state index contributed by atoms with van der Waals surface area (Å²) in [6.45, 7) is 0. The molecule has 0 saturated heterocycles. The van der Waals surface area contributed by atoms with Crippen LogP contribution in [0.3, 0.4) is 0 Å². The first-order valence-electron chi connectivity index (χ1n) is 3.55. The SMILES string of the molecule is COc1cc(Br)c(OC)nc1OC. The quantitative estimate of drug-likeness (QED) is 0.818. The van der Waals surface area contributed by atoms with Crippen LogP contribution in [-0.2, 0) is 0 Å². The third kappa shape index (κ3) is 2.03. The molecule has 0 saturated carbocycles. The number of rotatable bonds is 3. The Hall–Kier alpha value is -0.970. The first-order chi connectivity index (χ1) is 6.22. The van der Waals surface area contributed by atoms with E-state index in [1.54, 1.807) is 20.3 Å². The minimum Gasteiger partial charge on any atom is -0.491 e. The van der Waals surface area contributed by atoms with Crippen LogP contribution in [0, 0.1) is 0 Å². The molecular formula is C8H10BrNO3. The molecule has 0 N–H and O–H groups in total. The highest BCUT2D eigenvalue weighted by Gasteiger charge is 2.10. The average molecular weight is 248 g/mol. The Bertz CT molecular complexity index is 304. The average Bonchev–Trinajstić information content (AvgIpc) is 2.17. The molecule has 0 aliphatic carbocycles. The van der Waals surface area contributed by atoms with Crippen molar-refractivity contribution in [1.29, 1.82) is 0 Å². The van der Waals surface area contributed by atoms with Gasteiger partial charge in [0.25, 0.3) is 5.88 Å². The summed E-state index contributed by atoms with van der Waals surface area (Å²) in [6.07, 6.45) is 0. The molecule has 0 atom stereocenters. The Kier molecular flexibility index (Phi) is 3.36. The Morgan fingerprint density at radius 2 is 1.69 bits per heavy atom. The van der Waals surface area contributed by atoms with Gasteiger partial charge in [-0.25, -0.2) is 0 Å². The zero-order valence-corrected chi connectivity index (χ0v) is 9.21. The van der Waals surface area contributed by atoms with Crippen LogP contribution >= 0.6 is 15.9 Å². The van der Waals surface area contributed by atoms with Crippen molar-refractivity contribution < 1.29 is 14.2 Å². The molecule has 0 unspecified atom stereocenters. The van der Waals surface area contributed by atoms with Gasteiger partial charge >= 0.3 is 0 Å². The minimum atomic E-state index is 0.405. The standard InChI is InChI=1S/C8H10BrNO3/c1-11-6-4-5(9)7(12-2)10-8(6)13-3/h4H,1-3H3. The summed E-state index contributed by atoms with van der Waals surface area (Å²) < 4.78 is 15.8. The molecule has 0 spiro atoms. The lowest BCUT2D eigenvalue weighted by Gasteiger charge is -2.08. The van der Waals surface area contributed by atoms with E-state index >= 15 is 0 Å². The number of ether oxygens (including phenoxy) is 3. The number of nitrogens with zero attached hydrogens (tertiary/aromatic N) is 1. The van der Waals surface area contributed by atoms with Gasteiger partial charge in [-0.1, -0.05) is 0 Å². The normalized spacial score (nSPS) is 9.54. The van der Waals surface area contributed by atoms with E-state index in [2.05, 4.69) is 20.9 Å². The van der Waals surface area contributed by atoms with Gasteiger partial charge in [0.1, 0.15) is 0 Å². The van der Waals surface area contributed by atoms with Gasteiger partial charge in [-0.2, -0.15) is 4.98 Å². The van der Waals surface area contributed by atoms with E-state index in [-0.39, 0.29) is 0 Å². The molecule has 4 nitrogen and oxygen atoms in total. The Morgan fingerprint density at radius 1 is 1.08 bits per heavy atom. The third-order valence-electron chi connectivity index (χ3n) is 1.48. The zero-order chi connectivity index (χ0) is 9.84. The van der Waals surface area contributed by atoms with Crippen molar-refractivity contribution in [1.82, 2.24) is 4.98 Å². The minimum absolute atomic E-state index is 0.405. The first kappa shape index (κ1) is 10.1. The van der Waals surface area contributed by atoms with Gasteiger partial charge in [-0.05, 0) is 15.9 Å². The van der Waals surface area contributed by atoms with Crippen LogP contribution in [0.1, 0.15) is 0 Å². The Labute approximate surface area is 85.0 Å². The molecule has 1 aromatic heterocycles. The van der Waals surface area contributed by atoms with E-state index < -0.39 is 0 Å². The molecule has 0 radical (unpaired) electrons. The molecule has 0 fully saturated rings. The fraction of sp³-hybridized carbons (Fsp3) is 0.375. The van der Waals surface area contributed by atoms with Gasteiger partial charge in [0, 0.05) is 6.07 Å². The molecule has 0 aliphatic heterocycles. The van der Waals surface area contributed by atoms with E-state index in [1.165, 1.54) is 7.11 Å². The number of pyridine rings is 1. The van der Waals surface area contributed by atoms with Crippen molar-refractivity contribution in [2.45, 2.75) is 0 Å². The number of hydrogen-bond acceptors (Lipinski definition) is 4. The topological polar surface area (TPSA) is 40.6 Å². The molecule has 0 bridgehead atoms. The zero-order valence-electron chi connectivity index (χ0n) is 7.63. The van der Waals surface area contributed by atoms with Crippen molar-refractivity contribution in [3.05, 3.63) is 10.5 Å². The summed E-state index contributed by atoms with van der Waals surface area (Å²) >= 11 is 3.29. The van der Waals surface area contributed by atoms with Crippen LogP contribution in [0.2, 0.25) is 0 Å². The van der Waals surface area contributed by atoms with Crippen molar-refractivity contribution >= 4 is 15.9 Å². The molecule has 72 valence electrons. The van der Waals surface area contributed by atoms with Crippen LogP contribution in [0.5, 0.6) is 17.5 Å². The van der Waals surface area contributed by atoms with E-state index in [0.717, 1.165) is 4.47 Å². The summed E-state index contributed by atoms with van der Waals surface area (Å²) in [6, 6.07) is 1.74. The predicted octanol–water partition coefficient (Wildman–Crippen LogP) is 1.87. The first-order valence-corrected chi connectivity index (χ1v) is 4.34. The summed E-state index contributed by atoms with van der Waals surface area (Å²) in [4.78, 5) is 4.06. The van der Waals surface area contributed by atoms with Crippen LogP contribution in [0.25, 0.3) is 0 Å². The highest BCUT2D eigenvalue weighted by Crippen LogP contribution is 2.33. The highest BCUT2D eigenvalue weighted by molar-refractivity contribution is 9.10. The molecule has 1 aromatic rings. The van der Waals surface area contributed by atoms with Crippen LogP contribution in [0.4, 0.5) is 0 Å². The molecule has 5 heteroatoms. The van der Waals surface area contributed by atoms with Crippen LogP contribution in [-0.4, -0.2) is 26.3 Å². The second-order valence-electron chi connectivity index (χ2n) is 2.19. The molecule has 0 aliphatic rings. The maximum absolute atomic E-state index is 5.04. The van der Waals surface area contributed by atoms with Crippen molar-refractivity contribution in [2.75, 3.05) is 21.3 Å². The molecular weight excluding hydrogens is 238 g/mol. The number of aromatic nitrogens is 1. The monoisotopic (exact) mass is 247 g/mol. The van der Waals surface area contributed by atoms with Gasteiger partial charge in [-0.15, -0.1) is 0 Å². The van der Waals surface area contributed by atoms with E-state index in [1.807, 2.05) is 0 Å². The lowest BCUT2D eigenvalue weighted by Crippen LogP contribution is -1.96. The van der Waals surface area contributed by atoms with Gasteiger partial charge in [0.2, 0.25) is 5.88 Å². The number of hydrogen-bond donors (Lipinski definition) is 0. The summed E-state index contributed by atoms with van der Waals surface area (Å²) in [7, 11) is 4.62. The van der Waals surface area contributed by atoms with Crippen LogP contribution < -0.4 is 14.2 Å². The fourth-order valence-corrected chi connectivity index (χ4v) is 1.33. The number of methoxy groups -OCH3 is 3.